The monoisotopic (exact) mass is 352 g/mol. The summed E-state index contributed by atoms with van der Waals surface area (Å²) in [7, 11) is 0. The van der Waals surface area contributed by atoms with Crippen molar-refractivity contribution in [2.75, 3.05) is 0 Å². The normalized spacial score (nSPS) is 10.6. The average Bonchev–Trinajstić information content (AvgIpc) is 2.54. The fraction of sp³-hybridized carbons (Fsp3) is 0. The van der Waals surface area contributed by atoms with Gasteiger partial charge in [-0.15, -0.1) is 0 Å². The van der Waals surface area contributed by atoms with Gasteiger partial charge in [0.25, 0.3) is 11.8 Å². The first kappa shape index (κ1) is 17.0. The zero-order chi connectivity index (χ0) is 16.8. The summed E-state index contributed by atoms with van der Waals surface area (Å²) in [4.78, 5) is 23.3. The van der Waals surface area contributed by atoms with E-state index in [1.165, 1.54) is 30.4 Å². The zero-order valence-electron chi connectivity index (χ0n) is 11.6. The van der Waals surface area contributed by atoms with Crippen LogP contribution in [0.15, 0.2) is 48.5 Å². The Bertz CT molecular complexity index is 778. The molecule has 0 aliphatic carbocycles. The van der Waals surface area contributed by atoms with Crippen LogP contribution in [0, 0.1) is 5.82 Å². The van der Waals surface area contributed by atoms with Crippen LogP contribution < -0.4 is 10.9 Å². The van der Waals surface area contributed by atoms with Crippen molar-refractivity contribution in [3.63, 3.8) is 0 Å². The Balaban J connectivity index is 1.92. The van der Waals surface area contributed by atoms with Crippen LogP contribution in [0.3, 0.4) is 0 Å². The van der Waals surface area contributed by atoms with Crippen molar-refractivity contribution in [2.45, 2.75) is 0 Å². The van der Waals surface area contributed by atoms with E-state index in [2.05, 4.69) is 10.9 Å². The van der Waals surface area contributed by atoms with Gasteiger partial charge in [-0.05, 0) is 35.9 Å². The fourth-order valence-corrected chi connectivity index (χ4v) is 1.97. The van der Waals surface area contributed by atoms with Crippen LogP contribution in [0.5, 0.6) is 0 Å². The SMILES string of the molecule is O=C(/C=C/c1ccc(Cl)c(Cl)c1)NNC(=O)c1ccccc1F. The summed E-state index contributed by atoms with van der Waals surface area (Å²) < 4.78 is 13.4. The molecule has 0 aliphatic heterocycles. The van der Waals surface area contributed by atoms with Gasteiger partial charge in [-0.1, -0.05) is 41.4 Å². The molecule has 0 atom stereocenters. The molecule has 0 spiro atoms. The molecule has 2 rings (SSSR count). The molecule has 0 aromatic heterocycles. The van der Waals surface area contributed by atoms with Gasteiger partial charge in [0.05, 0.1) is 15.6 Å². The summed E-state index contributed by atoms with van der Waals surface area (Å²) in [5.74, 6) is -2.01. The first-order valence-electron chi connectivity index (χ1n) is 6.45. The number of nitrogens with one attached hydrogen (secondary N) is 2. The molecule has 4 nitrogen and oxygen atoms in total. The Morgan fingerprint density at radius 1 is 1.00 bits per heavy atom. The molecule has 23 heavy (non-hydrogen) atoms. The summed E-state index contributed by atoms with van der Waals surface area (Å²) in [6.45, 7) is 0. The quantitative estimate of drug-likeness (QED) is 0.654. The molecule has 2 aromatic carbocycles. The van der Waals surface area contributed by atoms with Crippen LogP contribution in [0.1, 0.15) is 15.9 Å². The number of hydrogen-bond donors (Lipinski definition) is 2. The molecule has 0 aliphatic rings. The lowest BCUT2D eigenvalue weighted by Crippen LogP contribution is -2.41. The lowest BCUT2D eigenvalue weighted by Gasteiger charge is -2.05. The van der Waals surface area contributed by atoms with Gasteiger partial charge in [0.1, 0.15) is 5.82 Å². The Morgan fingerprint density at radius 2 is 1.74 bits per heavy atom. The van der Waals surface area contributed by atoms with E-state index in [1.54, 1.807) is 18.2 Å². The van der Waals surface area contributed by atoms with Gasteiger partial charge in [-0.3, -0.25) is 20.4 Å². The van der Waals surface area contributed by atoms with E-state index in [0.717, 1.165) is 6.07 Å². The zero-order valence-corrected chi connectivity index (χ0v) is 13.2. The number of amides is 2. The Hall–Kier alpha value is -2.37. The molecule has 0 radical (unpaired) electrons. The van der Waals surface area contributed by atoms with Crippen molar-refractivity contribution >= 4 is 41.1 Å². The lowest BCUT2D eigenvalue weighted by atomic mass is 10.2. The minimum Gasteiger partial charge on any atom is -0.268 e. The molecule has 0 fully saturated rings. The first-order chi connectivity index (χ1) is 11.0. The van der Waals surface area contributed by atoms with Gasteiger partial charge in [0.2, 0.25) is 0 Å². The Kier molecular flexibility index (Phi) is 5.73. The average molecular weight is 353 g/mol. The van der Waals surface area contributed by atoms with Crippen molar-refractivity contribution < 1.29 is 14.0 Å². The highest BCUT2D eigenvalue weighted by Gasteiger charge is 2.10. The van der Waals surface area contributed by atoms with E-state index in [4.69, 9.17) is 23.2 Å². The second-order valence-corrected chi connectivity index (χ2v) is 5.24. The summed E-state index contributed by atoms with van der Waals surface area (Å²) in [6, 6.07) is 10.3. The van der Waals surface area contributed by atoms with Gasteiger partial charge in [0.15, 0.2) is 0 Å². The van der Waals surface area contributed by atoms with Crippen LogP contribution in [0.25, 0.3) is 6.08 Å². The maximum atomic E-state index is 13.4. The van der Waals surface area contributed by atoms with Crippen LogP contribution in [-0.4, -0.2) is 11.8 Å². The highest BCUT2D eigenvalue weighted by Crippen LogP contribution is 2.23. The highest BCUT2D eigenvalue weighted by molar-refractivity contribution is 6.42. The van der Waals surface area contributed by atoms with E-state index in [0.29, 0.717) is 15.6 Å². The minimum atomic E-state index is -0.751. The van der Waals surface area contributed by atoms with Gasteiger partial charge >= 0.3 is 0 Å². The maximum absolute atomic E-state index is 13.4. The summed E-state index contributed by atoms with van der Waals surface area (Å²) >= 11 is 11.6. The number of hydrazine groups is 1. The van der Waals surface area contributed by atoms with Crippen molar-refractivity contribution in [1.82, 2.24) is 10.9 Å². The second kappa shape index (κ2) is 7.76. The van der Waals surface area contributed by atoms with E-state index >= 15 is 0 Å². The molecule has 2 aromatic rings. The van der Waals surface area contributed by atoms with Crippen LogP contribution >= 0.6 is 23.2 Å². The number of carbonyl (C=O) groups excluding carboxylic acids is 2. The van der Waals surface area contributed by atoms with Crippen LogP contribution in [0.4, 0.5) is 4.39 Å². The first-order valence-corrected chi connectivity index (χ1v) is 7.21. The van der Waals surface area contributed by atoms with Crippen LogP contribution in [-0.2, 0) is 4.79 Å². The van der Waals surface area contributed by atoms with Gasteiger partial charge in [-0.2, -0.15) is 0 Å². The minimum absolute atomic E-state index is 0.165. The van der Waals surface area contributed by atoms with Crippen molar-refractivity contribution in [1.29, 1.82) is 0 Å². The molecule has 7 heteroatoms. The molecule has 0 bridgehead atoms. The van der Waals surface area contributed by atoms with Crippen molar-refractivity contribution in [3.05, 3.63) is 75.5 Å². The number of halogens is 3. The molecule has 118 valence electrons. The third-order valence-corrected chi connectivity index (χ3v) is 3.53. The lowest BCUT2D eigenvalue weighted by molar-refractivity contribution is -0.117. The summed E-state index contributed by atoms with van der Waals surface area (Å²) in [6.07, 6.45) is 2.69. The summed E-state index contributed by atoms with van der Waals surface area (Å²) in [5, 5.41) is 0.771. The molecule has 0 heterocycles. The molecule has 0 saturated carbocycles. The standard InChI is InChI=1S/C16H11Cl2FN2O2/c17-12-7-5-10(9-13(12)18)6-8-15(22)20-21-16(23)11-3-1-2-4-14(11)19/h1-9H,(H,20,22)(H,21,23)/b8-6+. The number of carbonyl (C=O) groups is 2. The molecule has 2 N–H and O–H groups in total. The third kappa shape index (κ3) is 4.81. The Labute approximate surface area is 141 Å². The number of hydrogen-bond acceptors (Lipinski definition) is 2. The van der Waals surface area contributed by atoms with E-state index in [1.807, 2.05) is 0 Å². The molecule has 0 saturated heterocycles. The predicted molar refractivity (Wildman–Crippen MR) is 87.5 cm³/mol. The van der Waals surface area contributed by atoms with Gasteiger partial charge in [-0.25, -0.2) is 4.39 Å². The smallest absolute Gasteiger partial charge is 0.268 e. The van der Waals surface area contributed by atoms with Crippen LogP contribution in [0.2, 0.25) is 10.0 Å². The predicted octanol–water partition coefficient (Wildman–Crippen LogP) is 3.61. The highest BCUT2D eigenvalue weighted by atomic mass is 35.5. The maximum Gasteiger partial charge on any atom is 0.272 e. The molecular formula is C16H11Cl2FN2O2. The van der Waals surface area contributed by atoms with Crippen molar-refractivity contribution in [2.24, 2.45) is 0 Å². The van der Waals surface area contributed by atoms with Gasteiger partial charge < -0.3 is 0 Å². The number of rotatable bonds is 3. The van der Waals surface area contributed by atoms with E-state index in [9.17, 15) is 14.0 Å². The second-order valence-electron chi connectivity index (χ2n) is 4.43. The topological polar surface area (TPSA) is 58.2 Å². The largest absolute Gasteiger partial charge is 0.272 e. The van der Waals surface area contributed by atoms with E-state index in [-0.39, 0.29) is 5.56 Å². The van der Waals surface area contributed by atoms with Gasteiger partial charge in [0, 0.05) is 6.08 Å². The molecule has 2 amide bonds. The summed E-state index contributed by atoms with van der Waals surface area (Å²) in [5.41, 5.74) is 4.77. The Morgan fingerprint density at radius 3 is 2.43 bits per heavy atom. The molecular weight excluding hydrogens is 342 g/mol. The third-order valence-electron chi connectivity index (χ3n) is 2.79. The molecule has 0 unspecified atom stereocenters. The number of benzene rings is 2. The fourth-order valence-electron chi connectivity index (χ4n) is 1.66. The van der Waals surface area contributed by atoms with E-state index < -0.39 is 17.6 Å². The van der Waals surface area contributed by atoms with Crippen molar-refractivity contribution in [3.8, 4) is 0 Å².